The van der Waals surface area contributed by atoms with Crippen LogP contribution in [0.3, 0.4) is 0 Å². The second-order valence-electron chi connectivity index (χ2n) is 7.34. The molecule has 5 heteroatoms. The van der Waals surface area contributed by atoms with Crippen molar-refractivity contribution >= 4 is 25.9 Å². The van der Waals surface area contributed by atoms with Crippen LogP contribution >= 0.6 is 0 Å². The molecule has 1 unspecified atom stereocenters. The number of anilines is 1. The number of hydrogen-bond acceptors (Lipinski definition) is 2. The average Bonchev–Trinajstić information content (AvgIpc) is 2.83. The molecule has 0 saturated carbocycles. The highest BCUT2D eigenvalue weighted by Gasteiger charge is 2.60. The highest BCUT2D eigenvalue weighted by atomic mass is 28.3. The van der Waals surface area contributed by atoms with Gasteiger partial charge in [-0.15, -0.1) is 0 Å². The number of hydrogen-bond donors (Lipinski definition) is 0. The second-order valence-corrected chi connectivity index (χ2v) is 12.1. The van der Waals surface area contributed by atoms with Crippen molar-refractivity contribution in [2.75, 3.05) is 4.90 Å². The fraction of sp³-hybridized carbons (Fsp3) is 0.300. The molecule has 1 aliphatic heterocycles. The van der Waals surface area contributed by atoms with Gasteiger partial charge in [0.15, 0.2) is 13.8 Å². The lowest BCUT2D eigenvalue weighted by molar-refractivity contribution is -0.128. The number of rotatable bonds is 4. The number of benzene rings is 2. The Morgan fingerprint density at radius 1 is 0.880 bits per heavy atom. The smallest absolute Gasteiger partial charge is 0.292 e. The number of amides is 3. The third-order valence-electron chi connectivity index (χ3n) is 4.77. The summed E-state index contributed by atoms with van der Waals surface area (Å²) in [5.41, 5.74) is 0.632. The summed E-state index contributed by atoms with van der Waals surface area (Å²) < 4.78 is 1.54. The molecule has 1 aliphatic rings. The van der Waals surface area contributed by atoms with Crippen LogP contribution in [0.4, 0.5) is 10.5 Å². The van der Waals surface area contributed by atoms with Gasteiger partial charge in [0.25, 0.3) is 5.91 Å². The van der Waals surface area contributed by atoms with E-state index in [1.54, 1.807) is 4.90 Å². The number of carbonyl (C=O) groups is 2. The van der Waals surface area contributed by atoms with Crippen molar-refractivity contribution in [1.29, 1.82) is 0 Å². The summed E-state index contributed by atoms with van der Waals surface area (Å²) in [6.07, 6.45) is 0.525. The van der Waals surface area contributed by atoms with E-state index in [2.05, 4.69) is 0 Å². The van der Waals surface area contributed by atoms with Crippen LogP contribution in [0.2, 0.25) is 19.6 Å². The van der Waals surface area contributed by atoms with Gasteiger partial charge in [-0.05, 0) is 24.1 Å². The van der Waals surface area contributed by atoms with E-state index in [1.807, 2.05) is 87.2 Å². The van der Waals surface area contributed by atoms with E-state index in [-0.39, 0.29) is 11.9 Å². The molecule has 0 N–H and O–H groups in total. The standard InChI is InChI=1S/C20H24N2O2Si/c1-5-20(16-12-8-6-9-13-16)18(23)22(25(2,3)4)19(24)21(20)17-14-10-7-11-15-17/h6-15H,5H2,1-4H3. The van der Waals surface area contributed by atoms with Gasteiger partial charge in [-0.1, -0.05) is 75.1 Å². The molecule has 25 heavy (non-hydrogen) atoms. The van der Waals surface area contributed by atoms with E-state index >= 15 is 0 Å². The summed E-state index contributed by atoms with van der Waals surface area (Å²) in [6, 6.07) is 19.0. The van der Waals surface area contributed by atoms with Gasteiger partial charge in [-0.2, -0.15) is 0 Å². The summed E-state index contributed by atoms with van der Waals surface area (Å²) >= 11 is 0. The number of carbonyl (C=O) groups excluding carboxylic acids is 2. The van der Waals surface area contributed by atoms with Crippen LogP contribution < -0.4 is 4.90 Å². The molecule has 4 nitrogen and oxygen atoms in total. The summed E-state index contributed by atoms with van der Waals surface area (Å²) in [4.78, 5) is 28.7. The minimum atomic E-state index is -2.17. The van der Waals surface area contributed by atoms with Crippen LogP contribution in [0.1, 0.15) is 18.9 Å². The molecule has 0 radical (unpaired) electrons. The van der Waals surface area contributed by atoms with E-state index in [4.69, 9.17) is 0 Å². The Bertz CT molecular complexity index is 786. The molecule has 3 rings (SSSR count). The summed E-state index contributed by atoms with van der Waals surface area (Å²) in [5, 5.41) is 0. The lowest BCUT2D eigenvalue weighted by Gasteiger charge is -2.35. The molecule has 1 atom stereocenters. The van der Waals surface area contributed by atoms with Crippen molar-refractivity contribution in [1.82, 2.24) is 4.57 Å². The lowest BCUT2D eigenvalue weighted by Crippen LogP contribution is -2.51. The molecule has 1 heterocycles. The van der Waals surface area contributed by atoms with Crippen molar-refractivity contribution in [3.8, 4) is 0 Å². The van der Waals surface area contributed by atoms with Crippen molar-refractivity contribution in [2.45, 2.75) is 38.5 Å². The molecular weight excluding hydrogens is 328 g/mol. The summed E-state index contributed by atoms with van der Waals surface area (Å²) in [7, 11) is -2.17. The topological polar surface area (TPSA) is 40.6 Å². The first-order valence-corrected chi connectivity index (χ1v) is 12.1. The monoisotopic (exact) mass is 352 g/mol. The average molecular weight is 353 g/mol. The molecule has 0 bridgehead atoms. The van der Waals surface area contributed by atoms with Gasteiger partial charge < -0.3 is 0 Å². The fourth-order valence-electron chi connectivity index (χ4n) is 3.61. The van der Waals surface area contributed by atoms with E-state index < -0.39 is 13.8 Å². The number of para-hydroxylation sites is 1. The molecule has 0 aromatic heterocycles. The zero-order valence-electron chi connectivity index (χ0n) is 15.2. The number of imide groups is 1. The van der Waals surface area contributed by atoms with Crippen molar-refractivity contribution < 1.29 is 9.59 Å². The van der Waals surface area contributed by atoms with Gasteiger partial charge in [0.1, 0.15) is 0 Å². The summed E-state index contributed by atoms with van der Waals surface area (Å²) in [6.45, 7) is 8.07. The number of nitrogens with zero attached hydrogens (tertiary/aromatic N) is 2. The van der Waals surface area contributed by atoms with Gasteiger partial charge >= 0.3 is 6.03 Å². The van der Waals surface area contributed by atoms with Crippen LogP contribution in [0.5, 0.6) is 0 Å². The SMILES string of the molecule is CCC1(c2ccccc2)C(=O)N([Si](C)(C)C)C(=O)N1c1ccccc1. The van der Waals surface area contributed by atoms with Crippen molar-refractivity contribution in [2.24, 2.45) is 0 Å². The summed E-state index contributed by atoms with van der Waals surface area (Å²) in [5.74, 6) is -0.103. The lowest BCUT2D eigenvalue weighted by atomic mass is 9.85. The maximum absolute atomic E-state index is 13.6. The minimum Gasteiger partial charge on any atom is -0.292 e. The normalized spacial score (nSPS) is 21.1. The number of urea groups is 1. The van der Waals surface area contributed by atoms with Crippen molar-refractivity contribution in [3.05, 3.63) is 66.2 Å². The van der Waals surface area contributed by atoms with Crippen LogP contribution in [-0.4, -0.2) is 24.7 Å². The predicted octanol–water partition coefficient (Wildman–Crippen LogP) is 4.60. The van der Waals surface area contributed by atoms with E-state index in [1.165, 1.54) is 4.57 Å². The molecule has 2 aromatic rings. The van der Waals surface area contributed by atoms with Crippen LogP contribution in [-0.2, 0) is 10.3 Å². The van der Waals surface area contributed by atoms with Gasteiger partial charge in [0.05, 0.1) is 0 Å². The minimum absolute atomic E-state index is 0.103. The fourth-order valence-corrected chi connectivity index (χ4v) is 5.08. The Labute approximate surface area is 150 Å². The van der Waals surface area contributed by atoms with Gasteiger partial charge in [0.2, 0.25) is 0 Å². The molecule has 130 valence electrons. The Balaban J connectivity index is 2.28. The molecule has 2 aromatic carbocycles. The first kappa shape index (κ1) is 17.4. The second kappa shape index (κ2) is 6.15. The largest absolute Gasteiger partial charge is 0.324 e. The molecule has 3 amide bonds. The Morgan fingerprint density at radius 3 is 1.88 bits per heavy atom. The zero-order valence-corrected chi connectivity index (χ0v) is 16.2. The molecule has 1 saturated heterocycles. The Kier molecular flexibility index (Phi) is 4.29. The van der Waals surface area contributed by atoms with Crippen molar-refractivity contribution in [3.63, 3.8) is 0 Å². The molecule has 0 spiro atoms. The van der Waals surface area contributed by atoms with Gasteiger partial charge in [-0.25, -0.2) is 4.79 Å². The predicted molar refractivity (Wildman–Crippen MR) is 103 cm³/mol. The first-order chi connectivity index (χ1) is 11.8. The quantitative estimate of drug-likeness (QED) is 0.596. The highest BCUT2D eigenvalue weighted by molar-refractivity contribution is 6.78. The van der Waals surface area contributed by atoms with E-state index in [0.717, 1.165) is 11.3 Å². The third-order valence-corrected chi connectivity index (χ3v) is 6.51. The maximum atomic E-state index is 13.6. The third kappa shape index (κ3) is 2.59. The van der Waals surface area contributed by atoms with E-state index in [0.29, 0.717) is 6.42 Å². The molecule has 1 fully saturated rings. The van der Waals surface area contributed by atoms with Crippen LogP contribution in [0.25, 0.3) is 0 Å². The van der Waals surface area contributed by atoms with Gasteiger partial charge in [0, 0.05) is 5.69 Å². The Hall–Kier alpha value is -2.40. The van der Waals surface area contributed by atoms with Crippen LogP contribution in [0.15, 0.2) is 60.7 Å². The Morgan fingerprint density at radius 2 is 1.40 bits per heavy atom. The molecule has 0 aliphatic carbocycles. The zero-order chi connectivity index (χ0) is 18.2. The van der Waals surface area contributed by atoms with Gasteiger partial charge in [-0.3, -0.25) is 14.3 Å². The first-order valence-electron chi connectivity index (χ1n) is 8.63. The highest BCUT2D eigenvalue weighted by Crippen LogP contribution is 2.44. The molecular formula is C20H24N2O2Si. The van der Waals surface area contributed by atoms with E-state index in [9.17, 15) is 9.59 Å². The maximum Gasteiger partial charge on any atom is 0.324 e. The van der Waals surface area contributed by atoms with Crippen LogP contribution in [0, 0.1) is 0 Å².